The molecule has 3 aromatic heterocycles. The molecule has 0 aliphatic heterocycles. The molecule has 9 heteroatoms. The number of hydrogen-bond acceptors (Lipinski definition) is 3. The van der Waals surface area contributed by atoms with Crippen LogP contribution in [0.2, 0.25) is 0 Å². The fourth-order valence-electron chi connectivity index (χ4n) is 2.43. The first kappa shape index (κ1) is 25.3. The molecule has 6 nitrogen and oxygen atoms in total. The van der Waals surface area contributed by atoms with Gasteiger partial charge in [0.2, 0.25) is 0 Å². The van der Waals surface area contributed by atoms with Crippen LogP contribution < -0.4 is 51.4 Å². The molecule has 0 atom stereocenters. The minimum Gasteiger partial charge on any atom is -0.425 e. The van der Waals surface area contributed by atoms with E-state index < -0.39 is 0 Å². The van der Waals surface area contributed by atoms with Gasteiger partial charge in [-0.3, -0.25) is 0 Å². The number of nitrogens with zero attached hydrogens (tertiary/aromatic N) is 6. The predicted molar refractivity (Wildman–Crippen MR) is 102 cm³/mol. The molecule has 0 bridgehead atoms. The van der Waals surface area contributed by atoms with Gasteiger partial charge < -0.3 is 20.7 Å². The first-order chi connectivity index (χ1) is 12.6. The Morgan fingerprint density at radius 2 is 1.32 bits per heavy atom. The van der Waals surface area contributed by atoms with Gasteiger partial charge in [0.1, 0.15) is 0 Å². The molecule has 1 aromatic carbocycles. The Kier molecular flexibility index (Phi) is 10.9. The van der Waals surface area contributed by atoms with Gasteiger partial charge in [-0.15, -0.1) is 0 Å². The van der Waals surface area contributed by atoms with E-state index in [9.17, 15) is 0 Å². The second-order valence-electron chi connectivity index (χ2n) is 6.46. The summed E-state index contributed by atoms with van der Waals surface area (Å²) in [4.78, 5) is 0. The van der Waals surface area contributed by atoms with Crippen molar-refractivity contribution in [1.29, 1.82) is 0 Å². The molecule has 0 fully saturated rings. The van der Waals surface area contributed by atoms with Gasteiger partial charge in [0.25, 0.3) is 7.12 Å². The summed E-state index contributed by atoms with van der Waals surface area (Å²) in [6, 6.07) is 16.7. The van der Waals surface area contributed by atoms with Crippen LogP contribution in [0, 0.1) is 13.0 Å². The first-order valence-corrected chi connectivity index (χ1v) is 8.35. The molecule has 0 spiro atoms. The summed E-state index contributed by atoms with van der Waals surface area (Å²) in [5.74, 6) is 0. The third-order valence-electron chi connectivity index (χ3n) is 3.72. The molecular formula is C19H21BKN6Pd. The summed E-state index contributed by atoms with van der Waals surface area (Å²) in [6.07, 6.45) is 10.9. The molecule has 1 radical (unpaired) electrons. The molecule has 0 N–H and O–H groups in total. The molecule has 4 aromatic rings. The molecular weight excluding hydrogens is 469 g/mol. The van der Waals surface area contributed by atoms with Gasteiger partial charge in [0.15, 0.2) is 0 Å². The number of aromatic nitrogens is 6. The van der Waals surface area contributed by atoms with E-state index in [1.54, 1.807) is 32.4 Å². The Bertz CT molecular complexity index is 793. The van der Waals surface area contributed by atoms with Gasteiger partial charge >= 0.3 is 71.8 Å². The second kappa shape index (κ2) is 12.0. The monoisotopic (exact) mass is 489 g/mol. The van der Waals surface area contributed by atoms with Crippen LogP contribution in [0.1, 0.15) is 19.4 Å². The standard InChI is InChI=1S/C10H12.C9H9BN6.K.Pd/c1-10(2,3)9-7-5-4-6-8-9;1-4-11-14(7-1)10(15-8-2-5-12-15)16-9-3-6-13-16;;/h4-7H,1H2,2-3H3;1-9H;;/q-2;-1;+1;+2. The van der Waals surface area contributed by atoms with E-state index in [1.807, 2.05) is 61.1 Å². The number of hydrogen-bond donors (Lipinski definition) is 0. The van der Waals surface area contributed by atoms with Crippen LogP contribution in [0.5, 0.6) is 0 Å². The van der Waals surface area contributed by atoms with Crippen molar-refractivity contribution in [1.82, 2.24) is 29.1 Å². The summed E-state index contributed by atoms with van der Waals surface area (Å²) >= 11 is 0. The van der Waals surface area contributed by atoms with Gasteiger partial charge in [0.05, 0.1) is 0 Å². The Labute approximate surface area is 222 Å². The second-order valence-corrected chi connectivity index (χ2v) is 6.46. The van der Waals surface area contributed by atoms with E-state index in [2.05, 4.69) is 42.1 Å². The molecule has 0 unspecified atom stereocenters. The Balaban J connectivity index is 0.000000288. The Hall–Kier alpha value is -0.786. The molecule has 0 saturated heterocycles. The molecule has 0 saturated carbocycles. The largest absolute Gasteiger partial charge is 2.00 e. The maximum Gasteiger partial charge on any atom is 2.00 e. The topological polar surface area (TPSA) is 53.5 Å². The van der Waals surface area contributed by atoms with Crippen LogP contribution in [0.25, 0.3) is 0 Å². The molecule has 0 amide bonds. The molecule has 3 heterocycles. The molecule has 0 aliphatic rings. The zero-order chi connectivity index (χ0) is 18.4. The summed E-state index contributed by atoms with van der Waals surface area (Å²) in [5.41, 5.74) is 1.15. The summed E-state index contributed by atoms with van der Waals surface area (Å²) in [6.45, 7) is 8.17. The van der Waals surface area contributed by atoms with Crippen LogP contribution in [0.3, 0.4) is 0 Å². The quantitative estimate of drug-likeness (QED) is 0.295. The Morgan fingerprint density at radius 3 is 1.57 bits per heavy atom. The van der Waals surface area contributed by atoms with E-state index in [4.69, 9.17) is 0 Å². The van der Waals surface area contributed by atoms with E-state index in [-0.39, 0.29) is 84.3 Å². The normalized spacial score (nSPS) is 10.4. The smallest absolute Gasteiger partial charge is 0.425 e. The van der Waals surface area contributed by atoms with Gasteiger partial charge in [0, 0.05) is 18.6 Å². The minimum absolute atomic E-state index is 0. The van der Waals surface area contributed by atoms with Crippen molar-refractivity contribution in [2.24, 2.45) is 0 Å². The van der Waals surface area contributed by atoms with Crippen LogP contribution in [-0.4, -0.2) is 36.2 Å². The SMILES string of the molecule is [CH2-]C(C)(C)c1[c-]cccc1.[K+].[Pd+2].c1cnn([B-](n2cccn2)n2cccn2)c1. The molecule has 141 valence electrons. The zero-order valence-corrected chi connectivity index (χ0v) is 21.0. The number of rotatable bonds is 4. The van der Waals surface area contributed by atoms with Crippen molar-refractivity contribution >= 4 is 7.12 Å². The van der Waals surface area contributed by atoms with Crippen LogP contribution in [-0.2, 0) is 25.8 Å². The van der Waals surface area contributed by atoms with Crippen LogP contribution in [0.15, 0.2) is 79.6 Å². The van der Waals surface area contributed by atoms with Gasteiger partial charge in [-0.1, -0.05) is 13.8 Å². The maximum absolute atomic E-state index is 4.22. The van der Waals surface area contributed by atoms with E-state index in [0.29, 0.717) is 0 Å². The molecule has 4 rings (SSSR count). The van der Waals surface area contributed by atoms with E-state index in [0.717, 1.165) is 5.56 Å². The fourth-order valence-corrected chi connectivity index (χ4v) is 2.43. The average Bonchev–Trinajstić information content (AvgIpc) is 3.41. The van der Waals surface area contributed by atoms with Crippen molar-refractivity contribution in [2.75, 3.05) is 0 Å². The summed E-state index contributed by atoms with van der Waals surface area (Å²) < 4.78 is 5.38. The first-order valence-electron chi connectivity index (χ1n) is 8.35. The van der Waals surface area contributed by atoms with Crippen molar-refractivity contribution in [3.8, 4) is 0 Å². The maximum atomic E-state index is 4.22. The fraction of sp³-hybridized carbons (Fsp3) is 0.158. The van der Waals surface area contributed by atoms with Crippen molar-refractivity contribution in [2.45, 2.75) is 19.3 Å². The van der Waals surface area contributed by atoms with Crippen molar-refractivity contribution in [3.05, 3.63) is 98.2 Å². The van der Waals surface area contributed by atoms with Crippen molar-refractivity contribution < 1.29 is 71.8 Å². The van der Waals surface area contributed by atoms with Crippen molar-refractivity contribution in [3.63, 3.8) is 0 Å². The zero-order valence-electron chi connectivity index (χ0n) is 16.3. The third kappa shape index (κ3) is 6.92. The van der Waals surface area contributed by atoms with E-state index >= 15 is 0 Å². The summed E-state index contributed by atoms with van der Waals surface area (Å²) in [7, 11) is -0.194. The summed E-state index contributed by atoms with van der Waals surface area (Å²) in [5, 5.41) is 12.7. The molecule has 0 aliphatic carbocycles. The van der Waals surface area contributed by atoms with Gasteiger partial charge in [-0.05, 0) is 36.8 Å². The third-order valence-corrected chi connectivity index (χ3v) is 3.72. The van der Waals surface area contributed by atoms with Crippen LogP contribution >= 0.6 is 0 Å². The van der Waals surface area contributed by atoms with Gasteiger partial charge in [-0.25, -0.2) is 15.3 Å². The van der Waals surface area contributed by atoms with Gasteiger partial charge in [-0.2, -0.15) is 41.3 Å². The van der Waals surface area contributed by atoms with E-state index in [1.165, 1.54) is 0 Å². The molecule has 28 heavy (non-hydrogen) atoms. The average molecular weight is 490 g/mol. The predicted octanol–water partition coefficient (Wildman–Crippen LogP) is -0.194. The van der Waals surface area contributed by atoms with Crippen LogP contribution in [0.4, 0.5) is 0 Å². The minimum atomic E-state index is -0.194. The Morgan fingerprint density at radius 1 is 0.857 bits per heavy atom. The number of benzene rings is 1.